The standard InChI is InChI=1S/C23H29N3O3/c1-25(15-19-7-3-4-10-24-19)23(27)21-13-18-9-11-26(16-22(18)29-21)14-17-6-5-8-20(12-17)28-2/h3-8,10,12,18,21-22H,9,11,13-16H2,1-2H3/t18-,21+,22-/m0/s1. The molecule has 0 spiro atoms. The number of piperidine rings is 1. The van der Waals surface area contributed by atoms with Crippen molar-refractivity contribution in [1.82, 2.24) is 14.8 Å². The van der Waals surface area contributed by atoms with E-state index < -0.39 is 0 Å². The van der Waals surface area contributed by atoms with Crippen LogP contribution in [0.4, 0.5) is 0 Å². The van der Waals surface area contributed by atoms with Crippen LogP contribution in [0.25, 0.3) is 0 Å². The predicted octanol–water partition coefficient (Wildman–Crippen LogP) is 2.73. The zero-order valence-corrected chi connectivity index (χ0v) is 17.2. The predicted molar refractivity (Wildman–Crippen MR) is 110 cm³/mol. The summed E-state index contributed by atoms with van der Waals surface area (Å²) < 4.78 is 11.5. The number of likely N-dealkylation sites (N-methyl/N-ethyl adjacent to an activating group) is 1. The molecule has 2 aliphatic rings. The summed E-state index contributed by atoms with van der Waals surface area (Å²) in [4.78, 5) is 21.3. The highest BCUT2D eigenvalue weighted by atomic mass is 16.5. The summed E-state index contributed by atoms with van der Waals surface area (Å²) in [6.07, 6.45) is 3.44. The van der Waals surface area contributed by atoms with Crippen molar-refractivity contribution >= 4 is 5.91 Å². The van der Waals surface area contributed by atoms with Gasteiger partial charge >= 0.3 is 0 Å². The summed E-state index contributed by atoms with van der Waals surface area (Å²) in [6.45, 7) is 3.29. The molecule has 154 valence electrons. The van der Waals surface area contributed by atoms with Gasteiger partial charge in [-0.3, -0.25) is 14.7 Å². The molecule has 1 aromatic carbocycles. The van der Waals surface area contributed by atoms with Crippen molar-refractivity contribution in [2.75, 3.05) is 27.2 Å². The number of nitrogens with zero attached hydrogens (tertiary/aromatic N) is 3. The Labute approximate surface area is 172 Å². The average Bonchev–Trinajstić information content (AvgIpc) is 3.17. The van der Waals surface area contributed by atoms with Crippen LogP contribution >= 0.6 is 0 Å². The molecule has 0 unspecified atom stereocenters. The maximum absolute atomic E-state index is 12.9. The van der Waals surface area contributed by atoms with E-state index in [1.54, 1.807) is 18.2 Å². The van der Waals surface area contributed by atoms with Gasteiger partial charge in [0.1, 0.15) is 11.9 Å². The SMILES string of the molecule is COc1cccc(CN2CC[C@H]3C[C@H](C(=O)N(C)Cc4ccccn4)O[C@H]3C2)c1. The Kier molecular flexibility index (Phi) is 6.11. The lowest BCUT2D eigenvalue weighted by molar-refractivity contribution is -0.143. The second kappa shape index (κ2) is 8.93. The van der Waals surface area contributed by atoms with E-state index in [9.17, 15) is 4.79 Å². The number of aromatic nitrogens is 1. The van der Waals surface area contributed by atoms with E-state index in [1.807, 2.05) is 37.4 Å². The van der Waals surface area contributed by atoms with Gasteiger partial charge < -0.3 is 14.4 Å². The molecule has 2 aliphatic heterocycles. The van der Waals surface area contributed by atoms with Gasteiger partial charge in [0, 0.05) is 26.3 Å². The van der Waals surface area contributed by atoms with Crippen molar-refractivity contribution in [1.29, 1.82) is 0 Å². The second-order valence-corrected chi connectivity index (χ2v) is 8.05. The zero-order valence-electron chi connectivity index (χ0n) is 17.2. The van der Waals surface area contributed by atoms with E-state index in [2.05, 4.69) is 22.0 Å². The van der Waals surface area contributed by atoms with Crippen LogP contribution < -0.4 is 4.74 Å². The molecule has 0 saturated carbocycles. The van der Waals surface area contributed by atoms with Crippen LogP contribution in [-0.2, 0) is 22.6 Å². The van der Waals surface area contributed by atoms with Crippen LogP contribution in [0.5, 0.6) is 5.75 Å². The number of ether oxygens (including phenoxy) is 2. The Bertz CT molecular complexity index is 829. The molecule has 3 atom stereocenters. The van der Waals surface area contributed by atoms with E-state index in [-0.39, 0.29) is 18.1 Å². The highest BCUT2D eigenvalue weighted by Crippen LogP contribution is 2.34. The lowest BCUT2D eigenvalue weighted by Gasteiger charge is -2.34. The van der Waals surface area contributed by atoms with Crippen LogP contribution in [-0.4, -0.2) is 60.1 Å². The van der Waals surface area contributed by atoms with E-state index in [4.69, 9.17) is 9.47 Å². The first kappa shape index (κ1) is 19.9. The van der Waals surface area contributed by atoms with E-state index in [0.29, 0.717) is 12.5 Å². The number of fused-ring (bicyclic) bond motifs is 1. The molecule has 6 nitrogen and oxygen atoms in total. The maximum Gasteiger partial charge on any atom is 0.251 e. The largest absolute Gasteiger partial charge is 0.497 e. The molecule has 1 aromatic heterocycles. The third kappa shape index (κ3) is 4.77. The summed E-state index contributed by atoms with van der Waals surface area (Å²) in [7, 11) is 3.52. The first-order valence-corrected chi connectivity index (χ1v) is 10.3. The Morgan fingerprint density at radius 3 is 3.00 bits per heavy atom. The Balaban J connectivity index is 1.32. The first-order valence-electron chi connectivity index (χ1n) is 10.3. The molecule has 2 fully saturated rings. The van der Waals surface area contributed by atoms with Gasteiger partial charge in [-0.15, -0.1) is 0 Å². The summed E-state index contributed by atoms with van der Waals surface area (Å²) >= 11 is 0. The Hall–Kier alpha value is -2.44. The summed E-state index contributed by atoms with van der Waals surface area (Å²) in [5.41, 5.74) is 2.13. The molecule has 0 bridgehead atoms. The number of pyridine rings is 1. The van der Waals surface area contributed by atoms with Gasteiger partial charge in [-0.1, -0.05) is 18.2 Å². The number of likely N-dealkylation sites (tertiary alicyclic amines) is 1. The van der Waals surface area contributed by atoms with Crippen LogP contribution in [0, 0.1) is 5.92 Å². The van der Waals surface area contributed by atoms with E-state index in [0.717, 1.165) is 43.9 Å². The topological polar surface area (TPSA) is 54.9 Å². The third-order valence-electron chi connectivity index (χ3n) is 5.95. The summed E-state index contributed by atoms with van der Waals surface area (Å²) in [5.74, 6) is 1.41. The van der Waals surface area contributed by atoms with Gasteiger partial charge in [-0.2, -0.15) is 0 Å². The van der Waals surface area contributed by atoms with Crippen molar-refractivity contribution in [3.63, 3.8) is 0 Å². The van der Waals surface area contributed by atoms with Crippen LogP contribution in [0.15, 0.2) is 48.7 Å². The quantitative estimate of drug-likeness (QED) is 0.753. The lowest BCUT2D eigenvalue weighted by Crippen LogP contribution is -2.42. The number of carbonyl (C=O) groups excluding carboxylic acids is 1. The molecule has 2 saturated heterocycles. The minimum absolute atomic E-state index is 0.0596. The number of carbonyl (C=O) groups is 1. The van der Waals surface area contributed by atoms with Crippen molar-refractivity contribution in [2.45, 2.75) is 38.1 Å². The first-order chi connectivity index (χ1) is 14.1. The van der Waals surface area contributed by atoms with Gasteiger partial charge in [0.05, 0.1) is 25.5 Å². The number of hydrogen-bond donors (Lipinski definition) is 0. The van der Waals surface area contributed by atoms with E-state index >= 15 is 0 Å². The van der Waals surface area contributed by atoms with Gasteiger partial charge in [-0.05, 0) is 55.1 Å². The van der Waals surface area contributed by atoms with Crippen LogP contribution in [0.2, 0.25) is 0 Å². The fourth-order valence-electron chi connectivity index (χ4n) is 4.38. The number of hydrogen-bond acceptors (Lipinski definition) is 5. The van der Waals surface area contributed by atoms with Crippen molar-refractivity contribution in [3.8, 4) is 5.75 Å². The molecular weight excluding hydrogens is 366 g/mol. The lowest BCUT2D eigenvalue weighted by atomic mass is 9.91. The fourth-order valence-corrected chi connectivity index (χ4v) is 4.38. The van der Waals surface area contributed by atoms with Crippen LogP contribution in [0.3, 0.4) is 0 Å². The zero-order chi connectivity index (χ0) is 20.2. The summed E-state index contributed by atoms with van der Waals surface area (Å²) in [6, 6.07) is 14.0. The highest BCUT2D eigenvalue weighted by molar-refractivity contribution is 5.81. The molecule has 0 radical (unpaired) electrons. The molecule has 29 heavy (non-hydrogen) atoms. The highest BCUT2D eigenvalue weighted by Gasteiger charge is 2.42. The number of benzene rings is 1. The number of methoxy groups -OCH3 is 1. The monoisotopic (exact) mass is 395 g/mol. The smallest absolute Gasteiger partial charge is 0.251 e. The molecule has 3 heterocycles. The molecule has 6 heteroatoms. The molecular formula is C23H29N3O3. The normalized spacial score (nSPS) is 24.1. The van der Waals surface area contributed by atoms with Gasteiger partial charge in [0.25, 0.3) is 5.91 Å². The maximum atomic E-state index is 12.9. The third-order valence-corrected chi connectivity index (χ3v) is 5.95. The fraction of sp³-hybridized carbons (Fsp3) is 0.478. The van der Waals surface area contributed by atoms with Crippen molar-refractivity contribution in [3.05, 3.63) is 59.9 Å². The average molecular weight is 396 g/mol. The van der Waals surface area contributed by atoms with Gasteiger partial charge in [0.2, 0.25) is 0 Å². The van der Waals surface area contributed by atoms with Crippen molar-refractivity contribution < 1.29 is 14.3 Å². The Morgan fingerprint density at radius 2 is 2.21 bits per heavy atom. The van der Waals surface area contributed by atoms with Gasteiger partial charge in [-0.25, -0.2) is 0 Å². The van der Waals surface area contributed by atoms with Crippen LogP contribution in [0.1, 0.15) is 24.1 Å². The molecule has 2 aromatic rings. The van der Waals surface area contributed by atoms with Gasteiger partial charge in [0.15, 0.2) is 0 Å². The molecule has 1 amide bonds. The Morgan fingerprint density at radius 1 is 1.31 bits per heavy atom. The summed E-state index contributed by atoms with van der Waals surface area (Å²) in [5, 5.41) is 0. The van der Waals surface area contributed by atoms with E-state index in [1.165, 1.54) is 5.56 Å². The minimum atomic E-state index is -0.338. The molecule has 0 aliphatic carbocycles. The molecule has 0 N–H and O–H groups in total. The number of rotatable bonds is 6. The number of amides is 1. The second-order valence-electron chi connectivity index (χ2n) is 8.05. The molecule has 4 rings (SSSR count). The van der Waals surface area contributed by atoms with Crippen molar-refractivity contribution in [2.24, 2.45) is 5.92 Å². The minimum Gasteiger partial charge on any atom is -0.497 e.